The van der Waals surface area contributed by atoms with Crippen LogP contribution in [0.2, 0.25) is 0 Å². The number of halogens is 1. The van der Waals surface area contributed by atoms with Crippen molar-refractivity contribution < 1.29 is 9.47 Å². The number of hydrogen-bond donors (Lipinski definition) is 0. The first-order valence-electron chi connectivity index (χ1n) is 8.44. The van der Waals surface area contributed by atoms with E-state index in [1.54, 1.807) is 20.5 Å². The number of alkyl halides is 1. The Kier molecular flexibility index (Phi) is 5.76. The van der Waals surface area contributed by atoms with Crippen LogP contribution in [0.25, 0.3) is 10.9 Å². The molecule has 0 N–H and O–H groups in total. The molecule has 0 unspecified atom stereocenters. The van der Waals surface area contributed by atoms with Crippen molar-refractivity contribution in [3.8, 4) is 11.5 Å². The van der Waals surface area contributed by atoms with Gasteiger partial charge in [0, 0.05) is 29.9 Å². The van der Waals surface area contributed by atoms with Crippen molar-refractivity contribution in [1.29, 1.82) is 0 Å². The molecule has 0 atom stereocenters. The Labute approximate surface area is 151 Å². The third-order valence-electron chi connectivity index (χ3n) is 4.78. The van der Waals surface area contributed by atoms with Crippen LogP contribution < -0.4 is 14.4 Å². The van der Waals surface area contributed by atoms with Crippen molar-refractivity contribution in [3.63, 3.8) is 0 Å². The number of hydrogen-bond acceptors (Lipinski definition) is 5. The summed E-state index contributed by atoms with van der Waals surface area (Å²) in [6.45, 7) is 2.10. The molecule has 1 aliphatic heterocycles. The summed E-state index contributed by atoms with van der Waals surface area (Å²) in [5, 5.41) is 2.12. The average molecular weight is 394 g/mol. The summed E-state index contributed by atoms with van der Waals surface area (Å²) < 4.78 is 10.8. The summed E-state index contributed by atoms with van der Waals surface area (Å²) in [5.74, 6) is 3.25. The van der Waals surface area contributed by atoms with E-state index >= 15 is 0 Å². The molecule has 0 bridgehead atoms. The highest BCUT2D eigenvalue weighted by Crippen LogP contribution is 2.36. The van der Waals surface area contributed by atoms with Crippen LogP contribution in [0.5, 0.6) is 11.5 Å². The first-order valence-corrected chi connectivity index (χ1v) is 9.56. The number of fused-ring (bicyclic) bond motifs is 1. The van der Waals surface area contributed by atoms with Gasteiger partial charge in [-0.05, 0) is 37.7 Å². The molecule has 1 fully saturated rings. The van der Waals surface area contributed by atoms with Crippen molar-refractivity contribution in [1.82, 2.24) is 9.97 Å². The van der Waals surface area contributed by atoms with Crippen molar-refractivity contribution in [2.24, 2.45) is 5.92 Å². The van der Waals surface area contributed by atoms with Crippen molar-refractivity contribution in [3.05, 3.63) is 18.5 Å². The van der Waals surface area contributed by atoms with E-state index in [1.165, 1.54) is 25.7 Å². The molecule has 0 amide bonds. The van der Waals surface area contributed by atoms with Crippen LogP contribution in [0, 0.1) is 5.92 Å². The van der Waals surface area contributed by atoms with Crippen LogP contribution in [0.15, 0.2) is 18.5 Å². The number of piperidine rings is 1. The molecule has 2 aromatic rings. The molecule has 3 rings (SSSR count). The first-order chi connectivity index (χ1) is 11.8. The molecular formula is C18H24BrN3O2. The second kappa shape index (κ2) is 8.01. The Morgan fingerprint density at radius 2 is 1.83 bits per heavy atom. The van der Waals surface area contributed by atoms with E-state index in [0.717, 1.165) is 41.1 Å². The standard InChI is InChI=1S/C18H24BrN3O2/c1-23-16-10-14-15(11-17(16)24-2)20-12-21-18(14)22-8-5-13(6-9-22)4-3-7-19/h10-13H,3-9H2,1-2H3. The molecule has 0 aliphatic carbocycles. The highest BCUT2D eigenvalue weighted by atomic mass is 79.9. The van der Waals surface area contributed by atoms with Crippen LogP contribution in [-0.2, 0) is 0 Å². The quantitative estimate of drug-likeness (QED) is 0.693. The Morgan fingerprint density at radius 3 is 2.50 bits per heavy atom. The molecular weight excluding hydrogens is 370 g/mol. The largest absolute Gasteiger partial charge is 0.493 e. The molecule has 1 aliphatic rings. The van der Waals surface area contributed by atoms with E-state index in [2.05, 4.69) is 30.8 Å². The summed E-state index contributed by atoms with van der Waals surface area (Å²) in [7, 11) is 3.30. The maximum Gasteiger partial charge on any atom is 0.162 e. The Morgan fingerprint density at radius 1 is 1.12 bits per heavy atom. The maximum atomic E-state index is 5.44. The fraction of sp³-hybridized carbons (Fsp3) is 0.556. The van der Waals surface area contributed by atoms with Crippen LogP contribution in [0.1, 0.15) is 25.7 Å². The Hall–Kier alpha value is -1.56. The van der Waals surface area contributed by atoms with E-state index in [4.69, 9.17) is 9.47 Å². The summed E-state index contributed by atoms with van der Waals surface area (Å²) in [5.41, 5.74) is 0.888. The van der Waals surface area contributed by atoms with Crippen LogP contribution in [-0.4, -0.2) is 42.6 Å². The third kappa shape index (κ3) is 3.58. The zero-order valence-electron chi connectivity index (χ0n) is 14.3. The van der Waals surface area contributed by atoms with Gasteiger partial charge in [-0.1, -0.05) is 15.9 Å². The number of aromatic nitrogens is 2. The molecule has 1 aromatic heterocycles. The first kappa shape index (κ1) is 17.3. The molecule has 130 valence electrons. The number of nitrogens with zero attached hydrogens (tertiary/aromatic N) is 3. The highest BCUT2D eigenvalue weighted by molar-refractivity contribution is 9.09. The van der Waals surface area contributed by atoms with Gasteiger partial charge >= 0.3 is 0 Å². The molecule has 0 saturated carbocycles. The van der Waals surface area contributed by atoms with Gasteiger partial charge in [0.15, 0.2) is 11.5 Å². The van der Waals surface area contributed by atoms with Gasteiger partial charge in [0.2, 0.25) is 0 Å². The van der Waals surface area contributed by atoms with Gasteiger partial charge in [0.25, 0.3) is 0 Å². The lowest BCUT2D eigenvalue weighted by Gasteiger charge is -2.33. The van der Waals surface area contributed by atoms with Gasteiger partial charge in [-0.2, -0.15) is 0 Å². The van der Waals surface area contributed by atoms with E-state index < -0.39 is 0 Å². The molecule has 5 nitrogen and oxygen atoms in total. The number of ether oxygens (including phenoxy) is 2. The fourth-order valence-electron chi connectivity index (χ4n) is 3.42. The smallest absolute Gasteiger partial charge is 0.162 e. The Bertz CT molecular complexity index is 687. The van der Waals surface area contributed by atoms with Gasteiger partial charge in [-0.15, -0.1) is 0 Å². The SMILES string of the molecule is COc1cc2ncnc(N3CCC(CCCBr)CC3)c2cc1OC. The summed E-state index contributed by atoms with van der Waals surface area (Å²) >= 11 is 3.53. The van der Waals surface area contributed by atoms with Gasteiger partial charge in [-0.3, -0.25) is 0 Å². The highest BCUT2D eigenvalue weighted by Gasteiger charge is 2.22. The van der Waals surface area contributed by atoms with Crippen molar-refractivity contribution >= 4 is 32.7 Å². The zero-order valence-corrected chi connectivity index (χ0v) is 15.9. The van der Waals surface area contributed by atoms with Crippen LogP contribution in [0.3, 0.4) is 0 Å². The molecule has 0 radical (unpaired) electrons. The predicted molar refractivity (Wildman–Crippen MR) is 101 cm³/mol. The molecule has 0 spiro atoms. The molecule has 2 heterocycles. The summed E-state index contributed by atoms with van der Waals surface area (Å²) in [6.07, 6.45) is 6.67. The third-order valence-corrected chi connectivity index (χ3v) is 5.34. The second-order valence-electron chi connectivity index (χ2n) is 6.18. The maximum absolute atomic E-state index is 5.44. The molecule has 1 saturated heterocycles. The van der Waals surface area contributed by atoms with E-state index in [1.807, 2.05) is 12.1 Å². The van der Waals surface area contributed by atoms with E-state index in [-0.39, 0.29) is 0 Å². The summed E-state index contributed by atoms with van der Waals surface area (Å²) in [6, 6.07) is 3.91. The lowest BCUT2D eigenvalue weighted by molar-refractivity contribution is 0.355. The summed E-state index contributed by atoms with van der Waals surface area (Å²) in [4.78, 5) is 11.3. The average Bonchev–Trinajstić information content (AvgIpc) is 2.65. The van der Waals surface area contributed by atoms with Gasteiger partial charge in [0.1, 0.15) is 12.1 Å². The van der Waals surface area contributed by atoms with Crippen molar-refractivity contribution in [2.75, 3.05) is 37.5 Å². The zero-order chi connectivity index (χ0) is 16.9. The predicted octanol–water partition coefficient (Wildman–Crippen LogP) is 4.04. The monoisotopic (exact) mass is 393 g/mol. The minimum Gasteiger partial charge on any atom is -0.493 e. The lowest BCUT2D eigenvalue weighted by atomic mass is 9.92. The van der Waals surface area contributed by atoms with Crippen LogP contribution in [0.4, 0.5) is 5.82 Å². The van der Waals surface area contributed by atoms with Gasteiger partial charge in [-0.25, -0.2) is 9.97 Å². The Balaban J connectivity index is 1.85. The second-order valence-corrected chi connectivity index (χ2v) is 6.98. The van der Waals surface area contributed by atoms with E-state index in [0.29, 0.717) is 11.5 Å². The minimum absolute atomic E-state index is 0.697. The minimum atomic E-state index is 0.697. The van der Waals surface area contributed by atoms with Crippen molar-refractivity contribution in [2.45, 2.75) is 25.7 Å². The fourth-order valence-corrected chi connectivity index (χ4v) is 3.74. The number of benzene rings is 1. The molecule has 1 aromatic carbocycles. The van der Waals surface area contributed by atoms with Gasteiger partial charge < -0.3 is 14.4 Å². The van der Waals surface area contributed by atoms with E-state index in [9.17, 15) is 0 Å². The van der Waals surface area contributed by atoms with Crippen LogP contribution >= 0.6 is 15.9 Å². The number of anilines is 1. The normalized spacial score (nSPS) is 15.7. The number of methoxy groups -OCH3 is 2. The molecule has 6 heteroatoms. The lowest BCUT2D eigenvalue weighted by Crippen LogP contribution is -2.34. The number of rotatable bonds is 6. The molecule has 24 heavy (non-hydrogen) atoms. The van der Waals surface area contributed by atoms with Gasteiger partial charge in [0.05, 0.1) is 19.7 Å². The topological polar surface area (TPSA) is 47.5 Å².